The van der Waals surface area contributed by atoms with Gasteiger partial charge in [-0.05, 0) is 17.2 Å². The van der Waals surface area contributed by atoms with Crippen LogP contribution in [0.25, 0.3) is 0 Å². The molecule has 0 unspecified atom stereocenters. The molecule has 4 rings (SSSR count). The maximum atomic E-state index is 13.3. The van der Waals surface area contributed by atoms with E-state index < -0.39 is 0 Å². The Hall–Kier alpha value is -2.87. The highest BCUT2D eigenvalue weighted by atomic mass is 16.1. The monoisotopic (exact) mass is 313 g/mol. The van der Waals surface area contributed by atoms with Gasteiger partial charge in [0.05, 0.1) is 12.0 Å². The van der Waals surface area contributed by atoms with E-state index in [-0.39, 0.29) is 17.7 Å². The molecule has 0 aromatic heterocycles. The Kier molecular flexibility index (Phi) is 3.66. The van der Waals surface area contributed by atoms with Gasteiger partial charge in [0.15, 0.2) is 5.78 Å². The average Bonchev–Trinajstić information content (AvgIpc) is 2.95. The van der Waals surface area contributed by atoms with Gasteiger partial charge in [-0.25, -0.2) is 0 Å². The molecule has 0 N–H and O–H groups in total. The lowest BCUT2D eigenvalue weighted by atomic mass is 9.84. The first-order valence-electron chi connectivity index (χ1n) is 8.23. The minimum atomic E-state index is -0.184. The van der Waals surface area contributed by atoms with Gasteiger partial charge in [0.2, 0.25) is 0 Å². The second-order valence-corrected chi connectivity index (χ2v) is 6.23. The zero-order chi connectivity index (χ0) is 16.5. The topological polar surface area (TPSA) is 20.3 Å². The second kappa shape index (κ2) is 5.97. The Morgan fingerprint density at radius 3 is 2.08 bits per heavy atom. The van der Waals surface area contributed by atoms with E-state index in [1.54, 1.807) is 0 Å². The van der Waals surface area contributed by atoms with Crippen LogP contribution < -0.4 is 4.90 Å². The number of carbonyl (C=O) groups is 1. The van der Waals surface area contributed by atoms with Gasteiger partial charge in [-0.3, -0.25) is 4.79 Å². The number of nitrogens with zero attached hydrogens (tertiary/aromatic N) is 1. The van der Waals surface area contributed by atoms with E-state index in [9.17, 15) is 4.79 Å². The molecule has 0 spiro atoms. The van der Waals surface area contributed by atoms with E-state index in [0.717, 1.165) is 16.8 Å². The van der Waals surface area contributed by atoms with Crippen LogP contribution in [0, 0.1) is 0 Å². The first kappa shape index (κ1) is 14.7. The summed E-state index contributed by atoms with van der Waals surface area (Å²) in [6.07, 6.45) is 0. The summed E-state index contributed by atoms with van der Waals surface area (Å²) in [5, 5.41) is 0. The third-order valence-corrected chi connectivity index (χ3v) is 4.87. The molecule has 0 saturated heterocycles. The molecule has 0 fully saturated rings. The smallest absolute Gasteiger partial charge is 0.172 e. The summed E-state index contributed by atoms with van der Waals surface area (Å²) in [5.41, 5.74) is 4.20. The first-order chi connectivity index (χ1) is 11.8. The molecule has 0 amide bonds. The fourth-order valence-corrected chi connectivity index (χ4v) is 3.75. The number of ketones is 1. The van der Waals surface area contributed by atoms with Crippen LogP contribution in [-0.2, 0) is 0 Å². The van der Waals surface area contributed by atoms with E-state index in [4.69, 9.17) is 0 Å². The summed E-state index contributed by atoms with van der Waals surface area (Å²) >= 11 is 0. The van der Waals surface area contributed by atoms with Crippen molar-refractivity contribution in [2.75, 3.05) is 11.9 Å². The van der Waals surface area contributed by atoms with Gasteiger partial charge >= 0.3 is 0 Å². The molecule has 1 aliphatic rings. The number of anilines is 1. The van der Waals surface area contributed by atoms with Crippen molar-refractivity contribution in [3.63, 3.8) is 0 Å². The van der Waals surface area contributed by atoms with Crippen molar-refractivity contribution in [2.24, 2.45) is 0 Å². The number of hydrogen-bond acceptors (Lipinski definition) is 2. The zero-order valence-corrected chi connectivity index (χ0v) is 13.6. The van der Waals surface area contributed by atoms with Gasteiger partial charge in [-0.1, -0.05) is 78.9 Å². The van der Waals surface area contributed by atoms with Crippen molar-refractivity contribution in [2.45, 2.75) is 12.0 Å². The normalized spacial score (nSPS) is 19.1. The van der Waals surface area contributed by atoms with Crippen molar-refractivity contribution >= 4 is 11.5 Å². The molecule has 3 aromatic rings. The van der Waals surface area contributed by atoms with E-state index in [1.807, 2.05) is 60.7 Å². The third kappa shape index (κ3) is 2.31. The second-order valence-electron chi connectivity index (χ2n) is 6.23. The summed E-state index contributed by atoms with van der Waals surface area (Å²) < 4.78 is 0. The zero-order valence-electron chi connectivity index (χ0n) is 13.6. The van der Waals surface area contributed by atoms with Crippen LogP contribution in [0.1, 0.15) is 33.4 Å². The lowest BCUT2D eigenvalue weighted by Gasteiger charge is -2.27. The summed E-state index contributed by atoms with van der Waals surface area (Å²) in [6, 6.07) is 28.2. The quantitative estimate of drug-likeness (QED) is 0.645. The molecule has 118 valence electrons. The molecule has 0 radical (unpaired) electrons. The Bertz CT molecular complexity index is 857. The van der Waals surface area contributed by atoms with Crippen LogP contribution in [0.2, 0.25) is 0 Å². The van der Waals surface area contributed by atoms with Crippen molar-refractivity contribution in [3.8, 4) is 0 Å². The SMILES string of the molecule is CN1c2ccccc2[C@H](C(=O)c2ccccc2)[C@H]1c1ccccc1. The molecule has 2 nitrogen and oxygen atoms in total. The van der Waals surface area contributed by atoms with Gasteiger partial charge in [0.1, 0.15) is 0 Å². The van der Waals surface area contributed by atoms with Gasteiger partial charge < -0.3 is 4.90 Å². The number of rotatable bonds is 3. The Labute approximate surface area is 142 Å². The van der Waals surface area contributed by atoms with Crippen LogP contribution >= 0.6 is 0 Å². The Balaban J connectivity index is 1.85. The molecule has 0 aliphatic carbocycles. The Morgan fingerprint density at radius 2 is 1.38 bits per heavy atom. The van der Waals surface area contributed by atoms with Crippen LogP contribution in [0.3, 0.4) is 0 Å². The molecule has 1 aliphatic heterocycles. The van der Waals surface area contributed by atoms with Gasteiger partial charge in [0.25, 0.3) is 0 Å². The number of likely N-dealkylation sites (N-methyl/N-ethyl adjacent to an activating group) is 1. The standard InChI is InChI=1S/C22H19NO/c1-23-19-15-9-8-14-18(19)20(21(23)16-10-4-2-5-11-16)22(24)17-12-6-3-7-13-17/h2-15,20-21H,1H3/t20-,21+/m0/s1. The fraction of sp³-hybridized carbons (Fsp3) is 0.136. The number of fused-ring (bicyclic) bond motifs is 1. The van der Waals surface area contributed by atoms with E-state index in [1.165, 1.54) is 5.56 Å². The molecule has 2 atom stereocenters. The van der Waals surface area contributed by atoms with Crippen LogP contribution in [0.4, 0.5) is 5.69 Å². The lowest BCUT2D eigenvalue weighted by molar-refractivity contribution is 0.0951. The molecule has 0 saturated carbocycles. The van der Waals surface area contributed by atoms with Crippen molar-refractivity contribution in [1.29, 1.82) is 0 Å². The summed E-state index contributed by atoms with van der Waals surface area (Å²) in [5.74, 6) is -0.00254. The largest absolute Gasteiger partial charge is 0.366 e. The highest BCUT2D eigenvalue weighted by Crippen LogP contribution is 2.49. The molecular weight excluding hydrogens is 294 g/mol. The first-order valence-corrected chi connectivity index (χ1v) is 8.23. The molecular formula is C22H19NO. The Morgan fingerprint density at radius 1 is 0.792 bits per heavy atom. The van der Waals surface area contributed by atoms with Crippen LogP contribution in [0.5, 0.6) is 0 Å². The summed E-state index contributed by atoms with van der Waals surface area (Å²) in [7, 11) is 2.08. The predicted octanol–water partition coefficient (Wildman–Crippen LogP) is 4.84. The minimum absolute atomic E-state index is 0.0244. The summed E-state index contributed by atoms with van der Waals surface area (Å²) in [6.45, 7) is 0. The van der Waals surface area contributed by atoms with Gasteiger partial charge in [-0.15, -0.1) is 0 Å². The molecule has 24 heavy (non-hydrogen) atoms. The highest BCUT2D eigenvalue weighted by molar-refractivity contribution is 6.03. The minimum Gasteiger partial charge on any atom is -0.366 e. The lowest BCUT2D eigenvalue weighted by Crippen LogP contribution is -2.26. The van der Waals surface area contributed by atoms with Crippen molar-refractivity contribution < 1.29 is 4.79 Å². The maximum Gasteiger partial charge on any atom is 0.172 e. The number of para-hydroxylation sites is 1. The van der Waals surface area contributed by atoms with Crippen LogP contribution in [-0.4, -0.2) is 12.8 Å². The van der Waals surface area contributed by atoms with Crippen LogP contribution in [0.15, 0.2) is 84.9 Å². The van der Waals surface area contributed by atoms with Crippen molar-refractivity contribution in [1.82, 2.24) is 0 Å². The van der Waals surface area contributed by atoms with Gasteiger partial charge in [0, 0.05) is 18.3 Å². The molecule has 1 heterocycles. The van der Waals surface area contributed by atoms with E-state index >= 15 is 0 Å². The summed E-state index contributed by atoms with van der Waals surface area (Å²) in [4.78, 5) is 15.5. The van der Waals surface area contributed by atoms with E-state index in [2.05, 4.69) is 36.2 Å². The molecule has 3 aromatic carbocycles. The number of carbonyl (C=O) groups excluding carboxylic acids is 1. The number of Topliss-reactive ketones (excluding diaryl/α,β-unsaturated/α-hetero) is 1. The fourth-order valence-electron chi connectivity index (χ4n) is 3.75. The van der Waals surface area contributed by atoms with E-state index in [0.29, 0.717) is 0 Å². The van der Waals surface area contributed by atoms with Gasteiger partial charge in [-0.2, -0.15) is 0 Å². The predicted molar refractivity (Wildman–Crippen MR) is 97.5 cm³/mol. The third-order valence-electron chi connectivity index (χ3n) is 4.87. The highest BCUT2D eigenvalue weighted by Gasteiger charge is 2.41. The van der Waals surface area contributed by atoms with Crippen molar-refractivity contribution in [3.05, 3.63) is 102 Å². The average molecular weight is 313 g/mol. The number of benzene rings is 3. The number of hydrogen-bond donors (Lipinski definition) is 0. The molecule has 2 heteroatoms. The maximum absolute atomic E-state index is 13.3. The molecule has 0 bridgehead atoms.